The average Bonchev–Trinajstić information content (AvgIpc) is 3.24. The summed E-state index contributed by atoms with van der Waals surface area (Å²) in [6, 6.07) is 29.2. The molecule has 0 aliphatic carbocycles. The van der Waals surface area contributed by atoms with Crippen LogP contribution < -0.4 is 20.3 Å². The lowest BCUT2D eigenvalue weighted by molar-refractivity contribution is -0.120. The van der Waals surface area contributed by atoms with Crippen LogP contribution in [-0.2, 0) is 20.9 Å². The zero-order valence-electron chi connectivity index (χ0n) is 23.0. The molecule has 3 amide bonds. The van der Waals surface area contributed by atoms with Gasteiger partial charge in [0.15, 0.2) is 0 Å². The molecule has 4 aromatic rings. The lowest BCUT2D eigenvalue weighted by Crippen LogP contribution is -2.32. The van der Waals surface area contributed by atoms with Gasteiger partial charge in [-0.1, -0.05) is 54.1 Å². The molecular weight excluding hydrogens is 570 g/mol. The lowest BCUT2D eigenvalue weighted by atomic mass is 10.1. The Morgan fingerprint density at radius 2 is 1.51 bits per heavy atom. The molecule has 0 bridgehead atoms. The molecule has 0 fully saturated rings. The summed E-state index contributed by atoms with van der Waals surface area (Å²) >= 11 is 6.27. The largest absolute Gasteiger partial charge is 0.489 e. The number of ether oxygens (including phenoxy) is 2. The van der Waals surface area contributed by atoms with Crippen molar-refractivity contribution in [2.24, 2.45) is 0 Å². The topological polar surface area (TPSA) is 114 Å². The molecule has 10 heteroatoms. The number of nitrogens with zero attached hydrogens (tertiary/aromatic N) is 1. The lowest BCUT2D eigenvalue weighted by Gasteiger charge is -2.16. The number of carbonyl (C=O) groups excluding carboxylic acids is 4. The van der Waals surface area contributed by atoms with Crippen molar-refractivity contribution in [2.45, 2.75) is 13.5 Å². The van der Waals surface area contributed by atoms with Crippen LogP contribution in [0.3, 0.4) is 0 Å². The Morgan fingerprint density at radius 3 is 2.26 bits per heavy atom. The Bertz CT molecular complexity index is 1720. The van der Waals surface area contributed by atoms with Gasteiger partial charge in [0.1, 0.15) is 23.1 Å². The van der Waals surface area contributed by atoms with Crippen LogP contribution in [-0.4, -0.2) is 30.3 Å². The van der Waals surface area contributed by atoms with Crippen molar-refractivity contribution in [3.05, 3.63) is 131 Å². The number of benzene rings is 4. The molecule has 0 radical (unpaired) electrons. The summed E-state index contributed by atoms with van der Waals surface area (Å²) < 4.78 is 10.8. The van der Waals surface area contributed by atoms with Crippen LogP contribution in [0.1, 0.15) is 33.2 Å². The van der Waals surface area contributed by atoms with Crippen LogP contribution >= 0.6 is 11.6 Å². The van der Waals surface area contributed by atoms with Gasteiger partial charge in [0.2, 0.25) is 0 Å². The Balaban J connectivity index is 1.24. The van der Waals surface area contributed by atoms with Crippen LogP contribution in [0.25, 0.3) is 0 Å². The molecule has 4 aromatic carbocycles. The molecule has 1 aliphatic heterocycles. The minimum atomic E-state index is -0.750. The number of amides is 3. The fourth-order valence-electron chi connectivity index (χ4n) is 4.29. The third kappa shape index (κ3) is 6.74. The van der Waals surface area contributed by atoms with Crippen molar-refractivity contribution in [3.63, 3.8) is 0 Å². The summed E-state index contributed by atoms with van der Waals surface area (Å²) in [5, 5.41) is 5.38. The number of nitrogens with one attached hydrogen (secondary N) is 2. The fraction of sp³-hybridized carbons (Fsp3) is 0.0909. The van der Waals surface area contributed by atoms with Gasteiger partial charge in [0.05, 0.1) is 17.9 Å². The second-order valence-electron chi connectivity index (χ2n) is 9.36. The molecule has 1 aliphatic rings. The normalized spacial score (nSPS) is 12.7. The predicted octanol–water partition coefficient (Wildman–Crippen LogP) is 6.13. The average molecular weight is 596 g/mol. The van der Waals surface area contributed by atoms with E-state index in [1.54, 1.807) is 49.4 Å². The van der Waals surface area contributed by atoms with Gasteiger partial charge in [-0.15, -0.1) is 0 Å². The molecule has 0 unspecified atom stereocenters. The van der Waals surface area contributed by atoms with Gasteiger partial charge in [0.25, 0.3) is 17.7 Å². The first-order valence-electron chi connectivity index (χ1n) is 13.3. The molecule has 0 saturated carbocycles. The van der Waals surface area contributed by atoms with Gasteiger partial charge >= 0.3 is 5.97 Å². The molecule has 0 saturated heterocycles. The summed E-state index contributed by atoms with van der Waals surface area (Å²) in [6.45, 7) is 2.29. The van der Waals surface area contributed by atoms with E-state index in [-0.39, 0.29) is 34.5 Å². The van der Waals surface area contributed by atoms with Gasteiger partial charge in [-0.05, 0) is 73.2 Å². The van der Waals surface area contributed by atoms with Gasteiger partial charge in [0, 0.05) is 16.9 Å². The molecule has 2 N–H and O–H groups in total. The van der Waals surface area contributed by atoms with E-state index in [1.165, 1.54) is 30.3 Å². The van der Waals surface area contributed by atoms with E-state index in [0.717, 1.165) is 10.5 Å². The first kappa shape index (κ1) is 29.1. The molecule has 9 nitrogen and oxygen atoms in total. The number of hydrogen-bond donors (Lipinski definition) is 2. The molecule has 1 heterocycles. The van der Waals surface area contributed by atoms with Gasteiger partial charge in [-0.3, -0.25) is 14.4 Å². The highest BCUT2D eigenvalue weighted by Crippen LogP contribution is 2.31. The van der Waals surface area contributed by atoms with E-state index in [1.807, 2.05) is 30.3 Å². The van der Waals surface area contributed by atoms with E-state index in [9.17, 15) is 19.2 Å². The molecule has 43 heavy (non-hydrogen) atoms. The Morgan fingerprint density at radius 1 is 0.791 bits per heavy atom. The van der Waals surface area contributed by atoms with Crippen molar-refractivity contribution in [2.75, 3.05) is 22.1 Å². The number of hydrogen-bond acceptors (Lipinski definition) is 7. The maximum Gasteiger partial charge on any atom is 0.338 e. The number of esters is 1. The molecular formula is C33H26ClN3O6. The highest BCUT2D eigenvalue weighted by molar-refractivity contribution is 6.53. The summed E-state index contributed by atoms with van der Waals surface area (Å²) in [5.41, 5.74) is 2.49. The first-order chi connectivity index (χ1) is 20.8. The van der Waals surface area contributed by atoms with E-state index >= 15 is 0 Å². The molecule has 0 aromatic heterocycles. The first-order valence-corrected chi connectivity index (χ1v) is 13.7. The Kier molecular flexibility index (Phi) is 8.83. The van der Waals surface area contributed by atoms with E-state index < -0.39 is 17.8 Å². The quantitative estimate of drug-likeness (QED) is 0.167. The monoisotopic (exact) mass is 595 g/mol. The van der Waals surface area contributed by atoms with Crippen LogP contribution in [0.5, 0.6) is 5.75 Å². The maximum atomic E-state index is 13.2. The second-order valence-corrected chi connectivity index (χ2v) is 9.74. The van der Waals surface area contributed by atoms with Crippen LogP contribution in [0, 0.1) is 0 Å². The third-order valence-corrected chi connectivity index (χ3v) is 6.75. The third-order valence-electron chi connectivity index (χ3n) is 6.40. The Hall–Kier alpha value is -5.41. The smallest absolute Gasteiger partial charge is 0.338 e. The van der Waals surface area contributed by atoms with E-state index in [2.05, 4.69) is 10.6 Å². The number of rotatable bonds is 10. The van der Waals surface area contributed by atoms with Crippen molar-refractivity contribution in [3.8, 4) is 5.75 Å². The fourth-order valence-corrected chi connectivity index (χ4v) is 4.51. The van der Waals surface area contributed by atoms with Crippen molar-refractivity contribution < 1.29 is 28.7 Å². The van der Waals surface area contributed by atoms with Crippen molar-refractivity contribution >= 4 is 52.4 Å². The van der Waals surface area contributed by atoms with Crippen molar-refractivity contribution in [1.82, 2.24) is 0 Å². The maximum absolute atomic E-state index is 13.2. The van der Waals surface area contributed by atoms with Crippen LogP contribution in [0.15, 0.2) is 114 Å². The van der Waals surface area contributed by atoms with Crippen molar-refractivity contribution in [1.29, 1.82) is 0 Å². The SMILES string of the molecule is CCOC(=O)c1cccc(N2C(=O)C(Cl)=C(Nc3cccc(C(=O)Nc4ccc(OCc5ccccc5)cc4)c3)C2=O)c1. The number of imide groups is 1. The molecule has 216 valence electrons. The van der Waals surface area contributed by atoms with Gasteiger partial charge < -0.3 is 20.1 Å². The summed E-state index contributed by atoms with van der Waals surface area (Å²) in [7, 11) is 0. The second kappa shape index (κ2) is 13.1. The standard InChI is InChI=1S/C33H26ClN3O6/c1-2-42-33(41)23-11-7-13-26(19-23)37-31(39)28(34)29(32(37)40)35-25-12-6-10-22(18-25)30(38)36-24-14-16-27(17-15-24)43-20-21-8-4-3-5-9-21/h3-19,35H,2,20H2,1H3,(H,36,38). The molecule has 0 atom stereocenters. The summed E-state index contributed by atoms with van der Waals surface area (Å²) in [4.78, 5) is 52.2. The zero-order valence-corrected chi connectivity index (χ0v) is 23.8. The van der Waals surface area contributed by atoms with Crippen LogP contribution in [0.4, 0.5) is 17.1 Å². The molecule has 5 rings (SSSR count). The van der Waals surface area contributed by atoms with Crippen LogP contribution in [0.2, 0.25) is 0 Å². The summed E-state index contributed by atoms with van der Waals surface area (Å²) in [5.74, 6) is -1.76. The zero-order chi connectivity index (χ0) is 30.3. The number of halogens is 1. The molecule has 0 spiro atoms. The number of anilines is 3. The minimum Gasteiger partial charge on any atom is -0.489 e. The summed E-state index contributed by atoms with van der Waals surface area (Å²) in [6.07, 6.45) is 0. The van der Waals surface area contributed by atoms with E-state index in [0.29, 0.717) is 29.3 Å². The number of carbonyl (C=O) groups is 4. The Labute approximate surface area is 252 Å². The van der Waals surface area contributed by atoms with Gasteiger partial charge in [-0.2, -0.15) is 0 Å². The van der Waals surface area contributed by atoms with E-state index in [4.69, 9.17) is 21.1 Å². The predicted molar refractivity (Wildman–Crippen MR) is 163 cm³/mol. The highest BCUT2D eigenvalue weighted by atomic mass is 35.5. The minimum absolute atomic E-state index is 0.156. The van der Waals surface area contributed by atoms with Gasteiger partial charge in [-0.25, -0.2) is 9.69 Å². The highest BCUT2D eigenvalue weighted by Gasteiger charge is 2.39.